The second-order valence-electron chi connectivity index (χ2n) is 3.04. The summed E-state index contributed by atoms with van der Waals surface area (Å²) in [6, 6.07) is 6.56. The van der Waals surface area contributed by atoms with Crippen molar-refractivity contribution >= 4 is 11.5 Å². The lowest BCUT2D eigenvalue weighted by Crippen LogP contribution is -3.00. The molecular weight excluding hydrogens is 218 g/mol. The fourth-order valence-electron chi connectivity index (χ4n) is 1.42. The van der Waals surface area contributed by atoms with Crippen LogP contribution in [0.2, 0.25) is 0 Å². The summed E-state index contributed by atoms with van der Waals surface area (Å²) in [6.07, 6.45) is 0. The number of halogens is 1. The lowest BCUT2D eigenvalue weighted by atomic mass is 10.2. The van der Waals surface area contributed by atoms with E-state index in [1.807, 2.05) is 6.07 Å². The van der Waals surface area contributed by atoms with E-state index in [1.54, 1.807) is 12.1 Å². The van der Waals surface area contributed by atoms with Gasteiger partial charge in [0.25, 0.3) is 11.5 Å². The smallest absolute Gasteiger partial charge is 0.275 e. The van der Waals surface area contributed by atoms with E-state index in [-0.39, 0.29) is 23.0 Å². The van der Waals surface area contributed by atoms with Gasteiger partial charge in [0.1, 0.15) is 13.1 Å². The summed E-state index contributed by atoms with van der Waals surface area (Å²) in [7, 11) is 0. The molecule has 1 aliphatic heterocycles. The van der Waals surface area contributed by atoms with Crippen molar-refractivity contribution in [3.8, 4) is 0 Å². The Labute approximate surface area is 92.8 Å². The topological polar surface area (TPSA) is 69.1 Å². The minimum Gasteiger partial charge on any atom is -1.00 e. The van der Waals surface area contributed by atoms with Crippen LogP contribution in [0.15, 0.2) is 24.3 Å². The molecule has 15 heavy (non-hydrogen) atoms. The van der Waals surface area contributed by atoms with Crippen molar-refractivity contribution in [3.05, 3.63) is 39.9 Å². The van der Waals surface area contributed by atoms with Gasteiger partial charge >= 0.3 is 0 Å². The number of hydrogen-bond donors (Lipinski definition) is 2. The Morgan fingerprint density at radius 2 is 2.27 bits per heavy atom. The second-order valence-corrected chi connectivity index (χ2v) is 3.04. The van der Waals surface area contributed by atoms with Crippen LogP contribution < -0.4 is 22.7 Å². The quantitative estimate of drug-likeness (QED) is 0.400. The van der Waals surface area contributed by atoms with Crippen LogP contribution in [0.1, 0.15) is 5.56 Å². The molecule has 0 saturated carbocycles. The molecule has 5 nitrogen and oxygen atoms in total. The normalized spacial score (nSPS) is 13.7. The zero-order valence-corrected chi connectivity index (χ0v) is 8.62. The monoisotopic (exact) mass is 227 g/mol. The Bertz CT molecular complexity index is 406. The van der Waals surface area contributed by atoms with Crippen LogP contribution in [0, 0.1) is 10.1 Å². The maximum Gasteiger partial charge on any atom is 0.275 e. The van der Waals surface area contributed by atoms with E-state index < -0.39 is 0 Å². The van der Waals surface area contributed by atoms with Crippen LogP contribution >= 0.6 is 0 Å². The number of nitrogens with one attached hydrogen (secondary N) is 2. The molecule has 0 bridgehead atoms. The summed E-state index contributed by atoms with van der Waals surface area (Å²) in [6.45, 7) is 1.72. The predicted molar refractivity (Wildman–Crippen MR) is 51.0 cm³/mol. The van der Waals surface area contributed by atoms with Crippen molar-refractivity contribution in [2.24, 2.45) is 0 Å². The number of rotatable bonds is 2. The largest absolute Gasteiger partial charge is 1.00 e. The van der Waals surface area contributed by atoms with E-state index in [1.165, 1.54) is 6.07 Å². The van der Waals surface area contributed by atoms with Crippen LogP contribution in [0.4, 0.5) is 5.69 Å². The minimum atomic E-state index is -0.390. The molecule has 1 aromatic rings. The van der Waals surface area contributed by atoms with Gasteiger partial charge in [0.05, 0.1) is 10.5 Å². The fraction of sp³-hybridized carbons (Fsp3) is 0.222. The number of benzene rings is 1. The van der Waals surface area contributed by atoms with Gasteiger partial charge in [-0.15, -0.1) is 0 Å². The number of amidine groups is 1. The summed E-state index contributed by atoms with van der Waals surface area (Å²) < 4.78 is 0. The average molecular weight is 228 g/mol. The van der Waals surface area contributed by atoms with Crippen LogP contribution in [0.25, 0.3) is 0 Å². The van der Waals surface area contributed by atoms with Crippen molar-refractivity contribution in [2.75, 3.05) is 13.1 Å². The Kier molecular flexibility index (Phi) is 3.62. The van der Waals surface area contributed by atoms with Crippen LogP contribution in [-0.4, -0.2) is 23.8 Å². The molecule has 2 N–H and O–H groups in total. The number of nitro benzene ring substituents is 1. The Morgan fingerprint density at radius 1 is 1.47 bits per heavy atom. The van der Waals surface area contributed by atoms with E-state index in [4.69, 9.17) is 0 Å². The number of non-ortho nitro benzene ring substituents is 1. The van der Waals surface area contributed by atoms with Crippen molar-refractivity contribution in [1.82, 2.24) is 5.32 Å². The van der Waals surface area contributed by atoms with Gasteiger partial charge in [0.2, 0.25) is 0 Å². The van der Waals surface area contributed by atoms with Gasteiger partial charge < -0.3 is 12.4 Å². The molecule has 1 heterocycles. The zero-order valence-electron chi connectivity index (χ0n) is 7.87. The molecule has 80 valence electrons. The summed E-state index contributed by atoms with van der Waals surface area (Å²) in [5, 5.41) is 13.6. The maximum atomic E-state index is 10.5. The summed E-state index contributed by atoms with van der Waals surface area (Å²) >= 11 is 0. The highest BCUT2D eigenvalue weighted by Crippen LogP contribution is 2.12. The van der Waals surface area contributed by atoms with Gasteiger partial charge in [0.15, 0.2) is 0 Å². The van der Waals surface area contributed by atoms with Gasteiger partial charge in [-0.2, -0.15) is 0 Å². The average Bonchev–Trinajstić information content (AvgIpc) is 2.71. The second kappa shape index (κ2) is 4.75. The van der Waals surface area contributed by atoms with Crippen molar-refractivity contribution in [2.45, 2.75) is 0 Å². The van der Waals surface area contributed by atoms with E-state index in [9.17, 15) is 10.1 Å². The first-order valence-electron chi connectivity index (χ1n) is 4.37. The third-order valence-electron chi connectivity index (χ3n) is 2.07. The first-order valence-corrected chi connectivity index (χ1v) is 4.37. The fourth-order valence-corrected chi connectivity index (χ4v) is 1.42. The van der Waals surface area contributed by atoms with E-state index in [2.05, 4.69) is 10.3 Å². The van der Waals surface area contributed by atoms with Crippen molar-refractivity contribution < 1.29 is 22.3 Å². The van der Waals surface area contributed by atoms with Gasteiger partial charge in [-0.25, -0.2) is 0 Å². The third kappa shape index (κ3) is 2.44. The van der Waals surface area contributed by atoms with Crippen LogP contribution in [0.5, 0.6) is 0 Å². The molecule has 0 atom stereocenters. The van der Waals surface area contributed by atoms with E-state index >= 15 is 0 Å². The molecule has 0 radical (unpaired) electrons. The van der Waals surface area contributed by atoms with Gasteiger partial charge in [-0.1, -0.05) is 6.07 Å². The molecule has 0 unspecified atom stereocenters. The Morgan fingerprint density at radius 3 is 2.87 bits per heavy atom. The molecule has 1 aliphatic rings. The van der Waals surface area contributed by atoms with Gasteiger partial charge in [-0.05, 0) is 6.07 Å². The molecule has 2 rings (SSSR count). The molecule has 0 aromatic heterocycles. The van der Waals surface area contributed by atoms with Gasteiger partial charge in [-0.3, -0.25) is 20.4 Å². The Balaban J connectivity index is 0.00000112. The number of nitrogens with zero attached hydrogens (tertiary/aromatic N) is 1. The standard InChI is InChI=1S/C9H9N3O2.ClH/c13-12(14)8-3-1-2-7(6-8)9-10-4-5-11-9;/h1-3,6H,4-5H2,(H,10,11);1H. The van der Waals surface area contributed by atoms with Crippen molar-refractivity contribution in [1.29, 1.82) is 0 Å². The molecular formula is C9H10ClN3O2. The highest BCUT2D eigenvalue weighted by atomic mass is 35.5. The summed E-state index contributed by atoms with van der Waals surface area (Å²) in [5.74, 6) is 0.869. The minimum absolute atomic E-state index is 0. The molecule has 0 fully saturated rings. The SMILES string of the molecule is O=[N+]([O-])c1cccc(C2=[NH+]CCN2)c1.[Cl-]. The molecule has 0 saturated heterocycles. The van der Waals surface area contributed by atoms with Crippen molar-refractivity contribution in [3.63, 3.8) is 0 Å². The van der Waals surface area contributed by atoms with Gasteiger partial charge in [0, 0.05) is 12.1 Å². The molecule has 6 heteroatoms. The number of hydrogen-bond acceptors (Lipinski definition) is 3. The third-order valence-corrected chi connectivity index (χ3v) is 2.07. The van der Waals surface area contributed by atoms with E-state index in [0.29, 0.717) is 0 Å². The summed E-state index contributed by atoms with van der Waals surface area (Å²) in [4.78, 5) is 13.3. The molecule has 0 spiro atoms. The predicted octanol–water partition coefficient (Wildman–Crippen LogP) is -3.97. The van der Waals surface area contributed by atoms with E-state index in [0.717, 1.165) is 24.5 Å². The first-order chi connectivity index (χ1) is 6.77. The molecule has 1 aromatic carbocycles. The Hall–Kier alpha value is -1.62. The lowest BCUT2D eigenvalue weighted by Gasteiger charge is -1.95. The highest BCUT2D eigenvalue weighted by Gasteiger charge is 2.17. The van der Waals surface area contributed by atoms with Crippen LogP contribution in [-0.2, 0) is 0 Å². The van der Waals surface area contributed by atoms with Crippen LogP contribution in [0.3, 0.4) is 0 Å². The highest BCUT2D eigenvalue weighted by molar-refractivity contribution is 5.95. The zero-order chi connectivity index (χ0) is 9.97. The molecule has 0 aliphatic carbocycles. The summed E-state index contributed by atoms with van der Waals surface area (Å²) in [5.41, 5.74) is 0.946. The molecule has 0 amide bonds. The first kappa shape index (κ1) is 11.5. The lowest BCUT2D eigenvalue weighted by molar-refractivity contribution is -0.444. The number of nitro groups is 1. The maximum absolute atomic E-state index is 10.5.